The summed E-state index contributed by atoms with van der Waals surface area (Å²) in [7, 11) is -3.82. The largest absolute Gasteiger partial charge is 0.546 e. The van der Waals surface area contributed by atoms with Gasteiger partial charge in [-0.15, -0.1) is 11.3 Å². The molecule has 170 valence electrons. The van der Waals surface area contributed by atoms with Gasteiger partial charge in [0.2, 0.25) is 11.6 Å². The van der Waals surface area contributed by atoms with Gasteiger partial charge in [0.15, 0.2) is 21.1 Å². The smallest absolute Gasteiger partial charge is 0.253 e. The van der Waals surface area contributed by atoms with Gasteiger partial charge in [-0.05, 0) is 24.0 Å². The van der Waals surface area contributed by atoms with Crippen LogP contribution in [-0.2, 0) is 10.0 Å². The number of nitrogens with one attached hydrogen (secondary N) is 3. The molecule has 0 bridgehead atoms. The van der Waals surface area contributed by atoms with E-state index in [1.165, 1.54) is 5.38 Å². The van der Waals surface area contributed by atoms with E-state index in [1.807, 2.05) is 13.0 Å². The van der Waals surface area contributed by atoms with Crippen molar-refractivity contribution in [3.8, 4) is 5.75 Å². The lowest BCUT2D eigenvalue weighted by Gasteiger charge is -2.14. The first kappa shape index (κ1) is 23.5. The minimum absolute atomic E-state index is 0.127. The molecule has 0 amide bonds. The molecule has 13 heteroatoms. The molecule has 3 aromatic heterocycles. The third-order valence-electron chi connectivity index (χ3n) is 4.50. The van der Waals surface area contributed by atoms with Crippen LogP contribution in [0.4, 0.5) is 17.3 Å². The predicted molar refractivity (Wildman–Crippen MR) is 120 cm³/mol. The highest BCUT2D eigenvalue weighted by atomic mass is 32.2. The third kappa shape index (κ3) is 5.18. The Morgan fingerprint density at radius 2 is 2.00 bits per heavy atom. The fourth-order valence-corrected chi connectivity index (χ4v) is 5.77. The van der Waals surface area contributed by atoms with Crippen molar-refractivity contribution in [2.45, 2.75) is 50.3 Å². The molecule has 10 nitrogen and oxygen atoms in total. The van der Waals surface area contributed by atoms with Crippen LogP contribution >= 0.6 is 22.5 Å². The molecule has 0 aliphatic heterocycles. The van der Waals surface area contributed by atoms with Crippen LogP contribution in [-0.4, -0.2) is 33.4 Å². The van der Waals surface area contributed by atoms with E-state index < -0.39 is 26.9 Å². The lowest BCUT2D eigenvalue weighted by Crippen LogP contribution is -2.22. The molecule has 3 aromatic rings. The van der Waals surface area contributed by atoms with Crippen molar-refractivity contribution >= 4 is 49.8 Å². The lowest BCUT2D eigenvalue weighted by molar-refractivity contribution is 0.465. The van der Waals surface area contributed by atoms with Gasteiger partial charge in [0.1, 0.15) is 5.76 Å². The van der Waals surface area contributed by atoms with Gasteiger partial charge in [-0.2, -0.15) is 0 Å². The summed E-state index contributed by atoms with van der Waals surface area (Å²) in [5, 5.41) is 17.8. The Bertz CT molecular complexity index is 1140. The van der Waals surface area contributed by atoms with Gasteiger partial charge in [-0.25, -0.2) is 13.1 Å². The summed E-state index contributed by atoms with van der Waals surface area (Å²) in [4.78, 5) is 0. The molecule has 0 radical (unpaired) electrons. The molecular weight excluding hydrogens is 462 g/mol. The minimum Gasteiger partial charge on any atom is -0.546 e. The zero-order valence-corrected chi connectivity index (χ0v) is 19.9. The normalized spacial score (nSPS) is 13.5. The quantitative estimate of drug-likeness (QED) is 0.307. The number of rotatable bonds is 10. The second-order valence-electron chi connectivity index (χ2n) is 7.06. The number of furan rings is 1. The van der Waals surface area contributed by atoms with Gasteiger partial charge < -0.3 is 24.7 Å². The molecule has 31 heavy (non-hydrogen) atoms. The van der Waals surface area contributed by atoms with Crippen LogP contribution in [0.25, 0.3) is 0 Å². The molecule has 0 aliphatic rings. The van der Waals surface area contributed by atoms with Gasteiger partial charge in [-0.3, -0.25) is 0 Å². The molecular formula is C18H25N5O5S3. The Hall–Kier alpha value is -2.19. The molecule has 2 atom stereocenters. The van der Waals surface area contributed by atoms with Gasteiger partial charge in [0.25, 0.3) is 10.0 Å². The van der Waals surface area contributed by atoms with E-state index in [9.17, 15) is 18.1 Å². The highest BCUT2D eigenvalue weighted by Crippen LogP contribution is 2.40. The number of nitrogens with zero attached hydrogens (tertiary/aromatic N) is 2. The summed E-state index contributed by atoms with van der Waals surface area (Å²) in [6.07, 6.45) is 2.38. The number of hydrogen-bond acceptors (Lipinski definition) is 10. The van der Waals surface area contributed by atoms with Crippen LogP contribution in [0.5, 0.6) is 5.75 Å². The molecule has 3 rings (SSSR count). The van der Waals surface area contributed by atoms with Crippen molar-refractivity contribution in [3.05, 3.63) is 29.0 Å². The molecule has 1 unspecified atom stereocenters. The van der Waals surface area contributed by atoms with Crippen LogP contribution < -0.4 is 15.4 Å². The maximum Gasteiger partial charge on any atom is 0.253 e. The highest BCUT2D eigenvalue weighted by Gasteiger charge is 2.26. The molecule has 0 fully saturated rings. The van der Waals surface area contributed by atoms with Crippen LogP contribution in [0.15, 0.2) is 26.3 Å². The molecule has 0 spiro atoms. The van der Waals surface area contributed by atoms with E-state index in [4.69, 9.17) is 4.42 Å². The average Bonchev–Trinajstić information content (AvgIpc) is 3.40. The highest BCUT2D eigenvalue weighted by molar-refractivity contribution is 7.91. The summed E-state index contributed by atoms with van der Waals surface area (Å²) in [6, 6.07) is 1.72. The first-order valence-electron chi connectivity index (χ1n) is 9.68. The number of thiophene rings is 1. The summed E-state index contributed by atoms with van der Waals surface area (Å²) in [5.74, 6) is 0.954. The number of anilines is 3. The van der Waals surface area contributed by atoms with Crippen molar-refractivity contribution in [2.24, 2.45) is 0 Å². The van der Waals surface area contributed by atoms with E-state index in [0.29, 0.717) is 18.1 Å². The van der Waals surface area contributed by atoms with Gasteiger partial charge in [-0.1, -0.05) is 27.7 Å². The molecule has 4 N–H and O–H groups in total. The van der Waals surface area contributed by atoms with Crippen LogP contribution in [0.3, 0.4) is 0 Å². The van der Waals surface area contributed by atoms with Crippen molar-refractivity contribution in [1.29, 1.82) is 0 Å². The summed E-state index contributed by atoms with van der Waals surface area (Å²) >= 11 is -0.982. The predicted octanol–water partition coefficient (Wildman–Crippen LogP) is 4.29. The van der Waals surface area contributed by atoms with Gasteiger partial charge in [0.05, 0.1) is 18.0 Å². The van der Waals surface area contributed by atoms with E-state index >= 15 is 0 Å². The standard InChI is InChI=1S/C18H25N5O5S3/c1-5-12(14-7-11(8-28-14)10(3)4)20-16-17(23-30(25)22-16)21-13-9-29-18(15(13)24)31(26,27)19-6-2/h7-10,12,19,24H,5-6H2,1-4H3,(H,20,22)(H,21,23)/t12-,30?/m1/s1. The van der Waals surface area contributed by atoms with E-state index in [1.54, 1.807) is 13.2 Å². The average molecular weight is 488 g/mol. The van der Waals surface area contributed by atoms with Crippen molar-refractivity contribution < 1.29 is 22.5 Å². The maximum atomic E-state index is 12.2. The van der Waals surface area contributed by atoms with Gasteiger partial charge >= 0.3 is 0 Å². The molecule has 0 saturated heterocycles. The summed E-state index contributed by atoms with van der Waals surface area (Å²) in [5.41, 5.74) is 1.19. The van der Waals surface area contributed by atoms with Crippen molar-refractivity contribution in [1.82, 2.24) is 13.5 Å². The van der Waals surface area contributed by atoms with E-state index in [0.717, 1.165) is 16.9 Å². The summed E-state index contributed by atoms with van der Waals surface area (Å²) in [6.45, 7) is 7.94. The van der Waals surface area contributed by atoms with Crippen LogP contribution in [0.2, 0.25) is 0 Å². The number of hydrogen-bond donors (Lipinski definition) is 4. The SMILES string of the molecule is CCNS(=O)(=O)c1scc(Nc2n[s+]([O-])nc2N[C@H](CC)c2cc(C(C)C)co2)c1O. The molecule has 3 heterocycles. The Morgan fingerprint density at radius 1 is 1.29 bits per heavy atom. The first-order valence-corrected chi connectivity index (χ1v) is 13.1. The minimum atomic E-state index is -3.82. The monoisotopic (exact) mass is 487 g/mol. The Morgan fingerprint density at radius 3 is 2.61 bits per heavy atom. The Kier molecular flexibility index (Phi) is 7.21. The zero-order valence-electron chi connectivity index (χ0n) is 17.5. The fraction of sp³-hybridized carbons (Fsp3) is 0.444. The van der Waals surface area contributed by atoms with Crippen molar-refractivity contribution in [3.63, 3.8) is 0 Å². The zero-order chi connectivity index (χ0) is 22.8. The molecule has 0 aromatic carbocycles. The van der Waals surface area contributed by atoms with E-state index in [2.05, 4.69) is 38.0 Å². The Labute approximate surface area is 187 Å². The van der Waals surface area contributed by atoms with E-state index in [-0.39, 0.29) is 34.1 Å². The second-order valence-corrected chi connectivity index (χ2v) is 10.7. The number of sulfonamides is 1. The fourth-order valence-electron chi connectivity index (χ4n) is 2.83. The molecule has 0 aliphatic carbocycles. The van der Waals surface area contributed by atoms with Crippen LogP contribution in [0, 0.1) is 0 Å². The van der Waals surface area contributed by atoms with Crippen LogP contribution in [0.1, 0.15) is 57.4 Å². The number of aromatic hydroxyl groups is 1. The molecule has 0 saturated carbocycles. The third-order valence-corrected chi connectivity index (χ3v) is 8.23. The topological polar surface area (TPSA) is 152 Å². The number of aromatic nitrogens is 2. The van der Waals surface area contributed by atoms with Gasteiger partial charge in [0, 0.05) is 20.7 Å². The van der Waals surface area contributed by atoms with Crippen molar-refractivity contribution in [2.75, 3.05) is 17.2 Å². The Balaban J connectivity index is 1.85. The maximum absolute atomic E-state index is 12.2. The summed E-state index contributed by atoms with van der Waals surface area (Å²) < 4.78 is 52.1. The second kappa shape index (κ2) is 9.53. The lowest BCUT2D eigenvalue weighted by atomic mass is 10.1. The first-order chi connectivity index (χ1) is 14.7.